The van der Waals surface area contributed by atoms with Gasteiger partial charge in [-0.3, -0.25) is 19.7 Å². The number of halogens is 1. The minimum absolute atomic E-state index is 0.0479. The van der Waals surface area contributed by atoms with Crippen LogP contribution in [0.5, 0.6) is 0 Å². The van der Waals surface area contributed by atoms with E-state index in [1.807, 2.05) is 25.2 Å². The van der Waals surface area contributed by atoms with Gasteiger partial charge in [0.1, 0.15) is 0 Å². The molecule has 3 aromatic carbocycles. The number of nitro groups is 1. The maximum Gasteiger partial charge on any atom is 0.270 e. The molecule has 0 aromatic heterocycles. The first kappa shape index (κ1) is 24.9. The Morgan fingerprint density at radius 2 is 1.68 bits per heavy atom. The first-order valence-electron chi connectivity index (χ1n) is 10.7. The number of nitrogens with zero attached hydrogens (tertiary/aromatic N) is 2. The van der Waals surface area contributed by atoms with Crippen LogP contribution in [0.1, 0.15) is 32.7 Å². The number of hydrogen-bond donors (Lipinski definition) is 2. The van der Waals surface area contributed by atoms with Crippen molar-refractivity contribution in [3.63, 3.8) is 0 Å². The number of anilines is 1. The third-order valence-electron chi connectivity index (χ3n) is 5.13. The third kappa shape index (κ3) is 6.87. The zero-order valence-electron chi connectivity index (χ0n) is 18.7. The van der Waals surface area contributed by atoms with Crippen molar-refractivity contribution < 1.29 is 14.5 Å². The van der Waals surface area contributed by atoms with E-state index in [0.29, 0.717) is 17.8 Å². The summed E-state index contributed by atoms with van der Waals surface area (Å²) in [5.74, 6) is -0.876. The fourth-order valence-corrected chi connectivity index (χ4v) is 3.66. The van der Waals surface area contributed by atoms with Gasteiger partial charge in [-0.05, 0) is 43.8 Å². The van der Waals surface area contributed by atoms with Crippen LogP contribution in [0.25, 0.3) is 0 Å². The number of para-hydroxylation sites is 1. The molecule has 0 saturated heterocycles. The van der Waals surface area contributed by atoms with Crippen LogP contribution in [-0.2, 0) is 6.54 Å². The molecule has 0 atom stereocenters. The van der Waals surface area contributed by atoms with Crippen molar-refractivity contribution in [3.8, 4) is 0 Å². The summed E-state index contributed by atoms with van der Waals surface area (Å²) in [6, 6.07) is 20.4. The molecule has 0 aliphatic rings. The van der Waals surface area contributed by atoms with Gasteiger partial charge in [-0.25, -0.2) is 0 Å². The standard InChI is InChI=1S/C25H25ClN4O4/c1-29(17-18-8-3-2-4-9-18)15-7-14-27-24(31)21-10-5-6-11-23(21)28-25(32)20-13-12-19(30(33)34)16-22(20)26/h2-6,8-13,16H,7,14-15,17H2,1H3,(H,27,31)(H,28,32). The lowest BCUT2D eigenvalue weighted by atomic mass is 10.1. The van der Waals surface area contributed by atoms with Crippen molar-refractivity contribution in [2.45, 2.75) is 13.0 Å². The average Bonchev–Trinajstić information content (AvgIpc) is 2.82. The first-order valence-corrected chi connectivity index (χ1v) is 11.1. The number of rotatable bonds is 10. The minimum Gasteiger partial charge on any atom is -0.352 e. The maximum absolute atomic E-state index is 12.7. The Balaban J connectivity index is 1.55. The van der Waals surface area contributed by atoms with Gasteiger partial charge in [-0.1, -0.05) is 54.1 Å². The Labute approximate surface area is 202 Å². The number of carbonyl (C=O) groups is 2. The van der Waals surface area contributed by atoms with Crippen LogP contribution in [0.2, 0.25) is 5.02 Å². The fourth-order valence-electron chi connectivity index (χ4n) is 3.40. The van der Waals surface area contributed by atoms with Crippen LogP contribution in [0.4, 0.5) is 11.4 Å². The van der Waals surface area contributed by atoms with Crippen molar-refractivity contribution in [2.24, 2.45) is 0 Å². The van der Waals surface area contributed by atoms with Gasteiger partial charge in [-0.15, -0.1) is 0 Å². The zero-order chi connectivity index (χ0) is 24.5. The van der Waals surface area contributed by atoms with Gasteiger partial charge in [0.2, 0.25) is 0 Å². The second-order valence-corrected chi connectivity index (χ2v) is 8.16. The number of amides is 2. The molecule has 0 heterocycles. The molecule has 0 bridgehead atoms. The Hall–Kier alpha value is -3.75. The van der Waals surface area contributed by atoms with E-state index in [-0.39, 0.29) is 22.2 Å². The number of benzene rings is 3. The van der Waals surface area contributed by atoms with E-state index in [9.17, 15) is 19.7 Å². The number of hydrogen-bond acceptors (Lipinski definition) is 5. The van der Waals surface area contributed by atoms with E-state index in [1.165, 1.54) is 17.7 Å². The van der Waals surface area contributed by atoms with Crippen molar-refractivity contribution in [3.05, 3.63) is 105 Å². The molecule has 9 heteroatoms. The van der Waals surface area contributed by atoms with Crippen LogP contribution < -0.4 is 10.6 Å². The lowest BCUT2D eigenvalue weighted by Crippen LogP contribution is -2.29. The highest BCUT2D eigenvalue weighted by molar-refractivity contribution is 6.34. The molecule has 0 unspecified atom stereocenters. The monoisotopic (exact) mass is 480 g/mol. The van der Waals surface area contributed by atoms with Gasteiger partial charge in [0.05, 0.1) is 26.8 Å². The van der Waals surface area contributed by atoms with Crippen molar-refractivity contribution in [1.82, 2.24) is 10.2 Å². The normalized spacial score (nSPS) is 10.7. The Morgan fingerprint density at radius 1 is 0.971 bits per heavy atom. The predicted molar refractivity (Wildman–Crippen MR) is 132 cm³/mol. The highest BCUT2D eigenvalue weighted by Crippen LogP contribution is 2.24. The van der Waals surface area contributed by atoms with Gasteiger partial charge < -0.3 is 15.5 Å². The van der Waals surface area contributed by atoms with E-state index >= 15 is 0 Å². The van der Waals surface area contributed by atoms with Crippen molar-refractivity contribution in [1.29, 1.82) is 0 Å². The summed E-state index contributed by atoms with van der Waals surface area (Å²) in [6.07, 6.45) is 0.766. The summed E-state index contributed by atoms with van der Waals surface area (Å²) >= 11 is 6.05. The smallest absolute Gasteiger partial charge is 0.270 e. The Bertz CT molecular complexity index is 1170. The quantitative estimate of drug-likeness (QED) is 0.247. The van der Waals surface area contributed by atoms with E-state index < -0.39 is 10.8 Å². The summed E-state index contributed by atoms with van der Waals surface area (Å²) in [4.78, 5) is 37.9. The molecule has 2 amide bonds. The third-order valence-corrected chi connectivity index (χ3v) is 5.44. The van der Waals surface area contributed by atoms with Gasteiger partial charge >= 0.3 is 0 Å². The summed E-state index contributed by atoms with van der Waals surface area (Å²) in [7, 11) is 2.03. The molecule has 0 radical (unpaired) electrons. The van der Waals surface area contributed by atoms with Crippen molar-refractivity contribution >= 4 is 34.8 Å². The Morgan fingerprint density at radius 3 is 2.38 bits per heavy atom. The summed E-state index contributed by atoms with van der Waals surface area (Å²) < 4.78 is 0. The first-order chi connectivity index (χ1) is 16.3. The number of non-ortho nitro benzene ring substituents is 1. The summed E-state index contributed by atoms with van der Waals surface area (Å²) in [5, 5.41) is 16.4. The number of nitrogens with one attached hydrogen (secondary N) is 2. The molecule has 176 valence electrons. The SMILES string of the molecule is CN(CCCNC(=O)c1ccccc1NC(=O)c1ccc([N+](=O)[O-])cc1Cl)Cc1ccccc1. The molecule has 0 spiro atoms. The van der Waals surface area contributed by atoms with Crippen LogP contribution in [0.15, 0.2) is 72.8 Å². The highest BCUT2D eigenvalue weighted by Gasteiger charge is 2.18. The lowest BCUT2D eigenvalue weighted by molar-refractivity contribution is -0.384. The van der Waals surface area contributed by atoms with E-state index in [2.05, 4.69) is 27.7 Å². The van der Waals surface area contributed by atoms with Crippen molar-refractivity contribution in [2.75, 3.05) is 25.5 Å². The molecule has 0 saturated carbocycles. The van der Waals surface area contributed by atoms with Crippen LogP contribution in [0.3, 0.4) is 0 Å². The average molecular weight is 481 g/mol. The molecule has 8 nitrogen and oxygen atoms in total. The van der Waals surface area contributed by atoms with Crippen LogP contribution >= 0.6 is 11.6 Å². The van der Waals surface area contributed by atoms with Gasteiger partial charge in [0.15, 0.2) is 0 Å². The van der Waals surface area contributed by atoms with Crippen LogP contribution in [-0.4, -0.2) is 41.8 Å². The minimum atomic E-state index is -0.591. The van der Waals surface area contributed by atoms with E-state index in [4.69, 9.17) is 11.6 Å². The molecule has 34 heavy (non-hydrogen) atoms. The highest BCUT2D eigenvalue weighted by atomic mass is 35.5. The number of nitro benzene ring substituents is 1. The second-order valence-electron chi connectivity index (χ2n) is 7.75. The molecule has 0 aliphatic carbocycles. The number of carbonyl (C=O) groups excluding carboxylic acids is 2. The molecule has 3 rings (SSSR count). The molecular weight excluding hydrogens is 456 g/mol. The van der Waals surface area contributed by atoms with E-state index in [1.54, 1.807) is 24.3 Å². The van der Waals surface area contributed by atoms with Gasteiger partial charge in [-0.2, -0.15) is 0 Å². The molecule has 3 aromatic rings. The van der Waals surface area contributed by atoms with Gasteiger partial charge in [0, 0.05) is 25.2 Å². The largest absolute Gasteiger partial charge is 0.352 e. The zero-order valence-corrected chi connectivity index (χ0v) is 19.4. The Kier molecular flexibility index (Phi) is 8.73. The fraction of sp³-hybridized carbons (Fsp3) is 0.200. The topological polar surface area (TPSA) is 105 Å². The lowest BCUT2D eigenvalue weighted by Gasteiger charge is -2.17. The molecule has 0 aliphatic heterocycles. The summed E-state index contributed by atoms with van der Waals surface area (Å²) in [6.45, 7) is 2.12. The molecule has 2 N–H and O–H groups in total. The van der Waals surface area contributed by atoms with E-state index in [0.717, 1.165) is 25.6 Å². The maximum atomic E-state index is 12.7. The van der Waals surface area contributed by atoms with Gasteiger partial charge in [0.25, 0.3) is 17.5 Å². The van der Waals surface area contributed by atoms with Crippen LogP contribution in [0, 0.1) is 10.1 Å². The molecule has 0 fully saturated rings. The second kappa shape index (κ2) is 11.9. The molecular formula is C25H25ClN4O4. The predicted octanol–water partition coefficient (Wildman–Crippen LogP) is 4.75. The summed E-state index contributed by atoms with van der Waals surface area (Å²) in [5.41, 5.74) is 1.72.